The van der Waals surface area contributed by atoms with E-state index in [4.69, 9.17) is 0 Å². The highest BCUT2D eigenvalue weighted by Crippen LogP contribution is 2.38. The second-order valence-corrected chi connectivity index (χ2v) is 5.78. The van der Waals surface area contributed by atoms with Gasteiger partial charge in [-0.3, -0.25) is 14.9 Å². The van der Waals surface area contributed by atoms with Crippen molar-refractivity contribution in [2.75, 3.05) is 0 Å². The highest BCUT2D eigenvalue weighted by molar-refractivity contribution is 7.99. The summed E-state index contributed by atoms with van der Waals surface area (Å²) >= 11 is 1.30. The number of rotatable bonds is 4. The molecule has 0 atom stereocenters. The molecule has 0 aliphatic rings. The minimum atomic E-state index is -0.395. The number of nitrogens with zero attached hydrogens (tertiary/aromatic N) is 2. The van der Waals surface area contributed by atoms with E-state index in [0.29, 0.717) is 10.5 Å². The first-order valence-electron chi connectivity index (χ1n) is 6.59. The molecule has 5 nitrogen and oxygen atoms in total. The van der Waals surface area contributed by atoms with Crippen LogP contribution < -0.4 is 0 Å². The minimum absolute atomic E-state index is 0.0606. The van der Waals surface area contributed by atoms with Gasteiger partial charge in [-0.1, -0.05) is 30.0 Å². The number of para-hydroxylation sites is 1. The van der Waals surface area contributed by atoms with E-state index < -0.39 is 4.92 Å². The van der Waals surface area contributed by atoms with E-state index in [2.05, 4.69) is 0 Å². The summed E-state index contributed by atoms with van der Waals surface area (Å²) in [7, 11) is 0. The number of hydrogen-bond acceptors (Lipinski definition) is 4. The van der Waals surface area contributed by atoms with Crippen molar-refractivity contribution < 1.29 is 9.72 Å². The number of hydrogen-bond donors (Lipinski definition) is 0. The van der Waals surface area contributed by atoms with Crippen molar-refractivity contribution in [3.8, 4) is 0 Å². The standard InChI is InChI=1S/C16H12N2O3S/c1-11-12(10-19)13-6-4-5-9-17(13)16(11)22-15-8-3-2-7-14(15)18(20)21/h2-10H,1H3. The average Bonchev–Trinajstić information content (AvgIpc) is 2.80. The minimum Gasteiger partial charge on any atom is -0.310 e. The van der Waals surface area contributed by atoms with E-state index in [9.17, 15) is 14.9 Å². The Morgan fingerprint density at radius 1 is 1.18 bits per heavy atom. The molecule has 0 N–H and O–H groups in total. The topological polar surface area (TPSA) is 64.6 Å². The molecule has 3 rings (SSSR count). The van der Waals surface area contributed by atoms with Crippen molar-refractivity contribution in [2.45, 2.75) is 16.8 Å². The Bertz CT molecular complexity index is 886. The van der Waals surface area contributed by atoms with Crippen molar-refractivity contribution in [3.05, 3.63) is 69.9 Å². The lowest BCUT2D eigenvalue weighted by Crippen LogP contribution is -1.91. The van der Waals surface area contributed by atoms with E-state index in [-0.39, 0.29) is 5.69 Å². The summed E-state index contributed by atoms with van der Waals surface area (Å²) in [5, 5.41) is 12.0. The first-order chi connectivity index (χ1) is 10.6. The van der Waals surface area contributed by atoms with E-state index >= 15 is 0 Å². The summed E-state index contributed by atoms with van der Waals surface area (Å²) in [6.07, 6.45) is 2.68. The third-order valence-corrected chi connectivity index (χ3v) is 4.73. The predicted molar refractivity (Wildman–Crippen MR) is 84.7 cm³/mol. The van der Waals surface area contributed by atoms with Crippen LogP contribution in [0, 0.1) is 17.0 Å². The number of carbonyl (C=O) groups excluding carboxylic acids is 1. The van der Waals surface area contributed by atoms with Gasteiger partial charge in [-0.15, -0.1) is 0 Å². The van der Waals surface area contributed by atoms with Gasteiger partial charge >= 0.3 is 0 Å². The Labute approximate surface area is 130 Å². The zero-order valence-electron chi connectivity index (χ0n) is 11.7. The molecule has 1 aromatic carbocycles. The summed E-state index contributed by atoms with van der Waals surface area (Å²) < 4.78 is 1.89. The third kappa shape index (κ3) is 2.27. The fourth-order valence-corrected chi connectivity index (χ4v) is 3.52. The highest BCUT2D eigenvalue weighted by Gasteiger charge is 2.19. The molecular formula is C16H12N2O3S. The van der Waals surface area contributed by atoms with Crippen LogP contribution in [0.25, 0.3) is 5.52 Å². The quantitative estimate of drug-likeness (QED) is 0.413. The normalized spacial score (nSPS) is 10.8. The molecule has 0 unspecified atom stereocenters. The second kappa shape index (κ2) is 5.65. The SMILES string of the molecule is Cc1c(C=O)c2ccccn2c1Sc1ccccc1[N+](=O)[O-]. The first-order valence-corrected chi connectivity index (χ1v) is 7.41. The molecule has 0 radical (unpaired) electrons. The van der Waals surface area contributed by atoms with Crippen LogP contribution in [0.4, 0.5) is 5.69 Å². The Hall–Kier alpha value is -2.60. The van der Waals surface area contributed by atoms with Gasteiger partial charge in [0, 0.05) is 17.8 Å². The molecule has 0 aliphatic heterocycles. The van der Waals surface area contributed by atoms with Gasteiger partial charge in [0.1, 0.15) is 0 Å². The van der Waals surface area contributed by atoms with Crippen molar-refractivity contribution in [2.24, 2.45) is 0 Å². The molecule has 22 heavy (non-hydrogen) atoms. The summed E-state index contributed by atoms with van der Waals surface area (Å²) in [5.74, 6) is 0. The fourth-order valence-electron chi connectivity index (χ4n) is 2.40. The van der Waals surface area contributed by atoms with Crippen molar-refractivity contribution in [3.63, 3.8) is 0 Å². The van der Waals surface area contributed by atoms with Crippen LogP contribution in [-0.2, 0) is 0 Å². The molecule has 0 aliphatic carbocycles. The number of nitro benzene ring substituents is 1. The molecule has 0 amide bonds. The summed E-state index contributed by atoms with van der Waals surface area (Å²) in [5.41, 5.74) is 2.30. The van der Waals surface area contributed by atoms with Gasteiger partial charge in [0.2, 0.25) is 0 Å². The van der Waals surface area contributed by atoms with E-state index in [1.165, 1.54) is 17.8 Å². The Kier molecular flexibility index (Phi) is 3.68. The average molecular weight is 312 g/mol. The van der Waals surface area contributed by atoms with Crippen LogP contribution in [0.2, 0.25) is 0 Å². The van der Waals surface area contributed by atoms with Crippen LogP contribution in [0.5, 0.6) is 0 Å². The number of pyridine rings is 1. The molecule has 0 saturated carbocycles. The Morgan fingerprint density at radius 3 is 2.64 bits per heavy atom. The number of carbonyl (C=O) groups is 1. The predicted octanol–water partition coefficient (Wildman–Crippen LogP) is 4.12. The molecule has 110 valence electrons. The lowest BCUT2D eigenvalue weighted by atomic mass is 10.2. The zero-order chi connectivity index (χ0) is 15.7. The number of aromatic nitrogens is 1. The van der Waals surface area contributed by atoms with Crippen molar-refractivity contribution in [1.82, 2.24) is 4.40 Å². The van der Waals surface area contributed by atoms with Crippen LogP contribution in [0.15, 0.2) is 58.6 Å². The molecule has 0 fully saturated rings. The molecule has 6 heteroatoms. The smallest absolute Gasteiger partial charge is 0.283 e. The van der Waals surface area contributed by atoms with Crippen molar-refractivity contribution >= 4 is 29.3 Å². The van der Waals surface area contributed by atoms with E-state index in [1.807, 2.05) is 35.7 Å². The van der Waals surface area contributed by atoms with Crippen LogP contribution in [0.3, 0.4) is 0 Å². The van der Waals surface area contributed by atoms with Gasteiger partial charge in [0.15, 0.2) is 6.29 Å². The van der Waals surface area contributed by atoms with E-state index in [0.717, 1.165) is 22.4 Å². The second-order valence-electron chi connectivity index (χ2n) is 4.74. The molecule has 2 aromatic heterocycles. The number of fused-ring (bicyclic) bond motifs is 1. The number of nitro groups is 1. The third-order valence-electron chi connectivity index (χ3n) is 3.47. The Morgan fingerprint density at radius 2 is 1.91 bits per heavy atom. The summed E-state index contributed by atoms with van der Waals surface area (Å²) in [4.78, 5) is 22.7. The van der Waals surface area contributed by atoms with Gasteiger partial charge in [0.05, 0.1) is 20.4 Å². The fraction of sp³-hybridized carbons (Fsp3) is 0.0625. The van der Waals surface area contributed by atoms with Crippen LogP contribution >= 0.6 is 11.8 Å². The monoisotopic (exact) mass is 312 g/mol. The molecule has 3 aromatic rings. The zero-order valence-corrected chi connectivity index (χ0v) is 12.5. The molecule has 0 spiro atoms. The van der Waals surface area contributed by atoms with Gasteiger partial charge in [-0.25, -0.2) is 0 Å². The maximum absolute atomic E-state index is 11.4. The van der Waals surface area contributed by atoms with E-state index in [1.54, 1.807) is 18.2 Å². The van der Waals surface area contributed by atoms with Crippen LogP contribution in [0.1, 0.15) is 15.9 Å². The maximum Gasteiger partial charge on any atom is 0.283 e. The lowest BCUT2D eigenvalue weighted by molar-refractivity contribution is -0.387. The summed E-state index contributed by atoms with van der Waals surface area (Å²) in [6.45, 7) is 1.86. The first kappa shape index (κ1) is 14.3. The van der Waals surface area contributed by atoms with Gasteiger partial charge in [-0.05, 0) is 30.7 Å². The summed E-state index contributed by atoms with van der Waals surface area (Å²) in [6, 6.07) is 12.2. The number of aldehydes is 1. The van der Waals surface area contributed by atoms with Crippen LogP contribution in [-0.4, -0.2) is 15.6 Å². The highest BCUT2D eigenvalue weighted by atomic mass is 32.2. The van der Waals surface area contributed by atoms with Gasteiger partial charge < -0.3 is 4.40 Å². The molecule has 0 saturated heterocycles. The molecular weight excluding hydrogens is 300 g/mol. The number of benzene rings is 1. The maximum atomic E-state index is 11.4. The van der Waals surface area contributed by atoms with Gasteiger partial charge in [0.25, 0.3) is 5.69 Å². The van der Waals surface area contributed by atoms with Crippen molar-refractivity contribution in [1.29, 1.82) is 0 Å². The lowest BCUT2D eigenvalue weighted by Gasteiger charge is -2.05. The Balaban J connectivity index is 2.18. The largest absolute Gasteiger partial charge is 0.310 e. The molecule has 2 heterocycles. The molecule has 0 bridgehead atoms. The van der Waals surface area contributed by atoms with Gasteiger partial charge in [-0.2, -0.15) is 0 Å².